The van der Waals surface area contributed by atoms with Gasteiger partial charge in [0.1, 0.15) is 11.5 Å². The number of ether oxygens (including phenoxy) is 1. The maximum absolute atomic E-state index is 9.79. The van der Waals surface area contributed by atoms with Gasteiger partial charge in [-0.1, -0.05) is 19.1 Å². The number of hydrogen-bond acceptors (Lipinski definition) is 5. The fourth-order valence-electron chi connectivity index (χ4n) is 3.64. The third-order valence-corrected chi connectivity index (χ3v) is 5.27. The van der Waals surface area contributed by atoms with Crippen LogP contribution < -0.4 is 4.74 Å². The largest absolute Gasteiger partial charge is 0.496 e. The van der Waals surface area contributed by atoms with Gasteiger partial charge in [0.05, 0.1) is 20.3 Å². The van der Waals surface area contributed by atoms with Gasteiger partial charge in [-0.15, -0.1) is 5.10 Å². The Labute approximate surface area is 160 Å². The van der Waals surface area contributed by atoms with Crippen LogP contribution in [0.2, 0.25) is 0 Å². The van der Waals surface area contributed by atoms with Crippen molar-refractivity contribution in [2.24, 2.45) is 10.2 Å². The summed E-state index contributed by atoms with van der Waals surface area (Å²) in [6, 6.07) is 9.88. The lowest BCUT2D eigenvalue weighted by atomic mass is 9.84. The van der Waals surface area contributed by atoms with E-state index < -0.39 is 0 Å². The molecule has 0 aliphatic carbocycles. The molecule has 5 nitrogen and oxygen atoms in total. The average molecular weight is 366 g/mol. The summed E-state index contributed by atoms with van der Waals surface area (Å²) in [5.41, 5.74) is 7.24. The van der Waals surface area contributed by atoms with Crippen LogP contribution in [0.1, 0.15) is 59.6 Å². The fraction of sp³-hybridized carbons (Fsp3) is 0.364. The highest BCUT2D eigenvalue weighted by Crippen LogP contribution is 2.35. The first-order valence-electron chi connectivity index (χ1n) is 9.18. The fourth-order valence-corrected chi connectivity index (χ4v) is 3.64. The maximum atomic E-state index is 9.79. The van der Waals surface area contributed by atoms with Crippen molar-refractivity contribution in [3.63, 3.8) is 0 Å². The molecule has 2 N–H and O–H groups in total. The van der Waals surface area contributed by atoms with Gasteiger partial charge in [-0.05, 0) is 55.2 Å². The molecular formula is C22H26N2O3. The number of fused-ring (bicyclic) bond motifs is 1. The van der Waals surface area contributed by atoms with Crippen LogP contribution in [0.25, 0.3) is 0 Å². The zero-order valence-electron chi connectivity index (χ0n) is 16.3. The van der Waals surface area contributed by atoms with E-state index in [4.69, 9.17) is 4.74 Å². The summed E-state index contributed by atoms with van der Waals surface area (Å²) in [5, 5.41) is 28.5. The minimum atomic E-state index is -0.115. The highest BCUT2D eigenvalue weighted by atomic mass is 16.5. The first-order chi connectivity index (χ1) is 13.0. The van der Waals surface area contributed by atoms with E-state index in [0.29, 0.717) is 11.3 Å². The van der Waals surface area contributed by atoms with Crippen molar-refractivity contribution in [1.29, 1.82) is 0 Å². The van der Waals surface area contributed by atoms with Crippen molar-refractivity contribution in [3.8, 4) is 5.75 Å². The van der Waals surface area contributed by atoms with Crippen LogP contribution in [0, 0.1) is 6.92 Å². The van der Waals surface area contributed by atoms with Crippen molar-refractivity contribution in [1.82, 2.24) is 0 Å². The third kappa shape index (κ3) is 3.53. The highest BCUT2D eigenvalue weighted by Gasteiger charge is 2.25. The van der Waals surface area contributed by atoms with Crippen LogP contribution in [-0.4, -0.2) is 28.7 Å². The monoisotopic (exact) mass is 366 g/mol. The summed E-state index contributed by atoms with van der Waals surface area (Å²) >= 11 is 0. The van der Waals surface area contributed by atoms with Crippen molar-refractivity contribution < 1.29 is 14.9 Å². The van der Waals surface area contributed by atoms with Gasteiger partial charge in [-0.2, -0.15) is 5.10 Å². The number of hydrogen-bond donors (Lipinski definition) is 2. The quantitative estimate of drug-likeness (QED) is 0.847. The van der Waals surface area contributed by atoms with Crippen LogP contribution >= 0.6 is 0 Å². The van der Waals surface area contributed by atoms with Gasteiger partial charge in [0, 0.05) is 28.3 Å². The summed E-state index contributed by atoms with van der Waals surface area (Å²) in [6.45, 7) is 5.95. The zero-order chi connectivity index (χ0) is 19.6. The Bertz CT molecular complexity index is 916. The second-order valence-corrected chi connectivity index (χ2v) is 6.86. The second kappa shape index (κ2) is 8.03. The molecule has 0 aromatic heterocycles. The zero-order valence-corrected chi connectivity index (χ0v) is 16.3. The lowest BCUT2D eigenvalue weighted by molar-refractivity contribution is 0.273. The van der Waals surface area contributed by atoms with Crippen molar-refractivity contribution >= 4 is 11.4 Å². The molecular weight excluding hydrogens is 340 g/mol. The number of methoxy groups -OCH3 is 1. The number of rotatable bonds is 5. The van der Waals surface area contributed by atoms with E-state index in [1.165, 1.54) is 0 Å². The predicted octanol–water partition coefficient (Wildman–Crippen LogP) is 3.71. The van der Waals surface area contributed by atoms with Crippen molar-refractivity contribution in [2.45, 2.75) is 46.3 Å². The van der Waals surface area contributed by atoms with Crippen LogP contribution in [0.5, 0.6) is 5.75 Å². The predicted molar refractivity (Wildman–Crippen MR) is 108 cm³/mol. The molecule has 1 atom stereocenters. The maximum Gasteiger partial charge on any atom is 0.124 e. The van der Waals surface area contributed by atoms with Gasteiger partial charge < -0.3 is 14.9 Å². The molecule has 142 valence electrons. The number of aliphatic hydroxyl groups excluding tert-OH is 2. The van der Waals surface area contributed by atoms with E-state index in [-0.39, 0.29) is 19.1 Å². The standard InChI is InChI=1S/C22H26N2O3/c1-5-18-14(3)23-24-22(15-7-6-13(2)16(8-15)11-25)20-9-17(12-26)21(27-4)10-19(18)20/h6-10,18,25-26H,5,11-12H2,1-4H3/t18-/m1/s1. The number of aryl methyl sites for hydroxylation is 1. The summed E-state index contributed by atoms with van der Waals surface area (Å²) in [5.74, 6) is 0.800. The van der Waals surface area contributed by atoms with Gasteiger partial charge in [0.25, 0.3) is 0 Å². The molecule has 0 fully saturated rings. The second-order valence-electron chi connectivity index (χ2n) is 6.86. The molecule has 0 saturated heterocycles. The Kier molecular flexibility index (Phi) is 5.73. The van der Waals surface area contributed by atoms with Crippen LogP contribution in [0.4, 0.5) is 0 Å². The summed E-state index contributed by atoms with van der Waals surface area (Å²) in [7, 11) is 1.61. The van der Waals surface area contributed by atoms with Gasteiger partial charge in [0.15, 0.2) is 0 Å². The number of benzene rings is 2. The lowest BCUT2D eigenvalue weighted by Gasteiger charge is -2.20. The Morgan fingerprint density at radius 3 is 2.37 bits per heavy atom. The van der Waals surface area contributed by atoms with E-state index in [0.717, 1.165) is 45.7 Å². The van der Waals surface area contributed by atoms with E-state index in [1.54, 1.807) is 7.11 Å². The van der Waals surface area contributed by atoms with Gasteiger partial charge in [0.2, 0.25) is 0 Å². The van der Waals surface area contributed by atoms with Crippen LogP contribution in [0.15, 0.2) is 40.5 Å². The number of aliphatic hydroxyl groups is 2. The summed E-state index contributed by atoms with van der Waals surface area (Å²) in [6.07, 6.45) is 0.891. The molecule has 0 radical (unpaired) electrons. The Balaban J connectivity index is 2.27. The topological polar surface area (TPSA) is 74.4 Å². The van der Waals surface area contributed by atoms with Gasteiger partial charge in [-0.3, -0.25) is 0 Å². The normalized spacial score (nSPS) is 16.3. The first-order valence-corrected chi connectivity index (χ1v) is 9.18. The van der Waals surface area contributed by atoms with Crippen LogP contribution in [-0.2, 0) is 13.2 Å². The molecule has 0 amide bonds. The number of nitrogens with zero attached hydrogens (tertiary/aromatic N) is 2. The van der Waals surface area contributed by atoms with Crippen molar-refractivity contribution in [3.05, 3.63) is 63.7 Å². The minimum Gasteiger partial charge on any atom is -0.496 e. The summed E-state index contributed by atoms with van der Waals surface area (Å²) < 4.78 is 5.49. The molecule has 5 heteroatoms. The molecule has 0 spiro atoms. The molecule has 3 rings (SSSR count). The molecule has 1 aliphatic heterocycles. The highest BCUT2D eigenvalue weighted by molar-refractivity contribution is 6.15. The molecule has 2 aromatic carbocycles. The van der Waals surface area contributed by atoms with E-state index in [1.807, 2.05) is 44.2 Å². The minimum absolute atomic E-state index is 0.0236. The average Bonchev–Trinajstić information content (AvgIpc) is 2.82. The smallest absolute Gasteiger partial charge is 0.124 e. The molecule has 1 heterocycles. The van der Waals surface area contributed by atoms with E-state index in [2.05, 4.69) is 17.1 Å². The molecule has 0 unspecified atom stereocenters. The summed E-state index contributed by atoms with van der Waals surface area (Å²) in [4.78, 5) is 0. The molecule has 0 bridgehead atoms. The Morgan fingerprint density at radius 1 is 1.00 bits per heavy atom. The van der Waals surface area contributed by atoms with Crippen molar-refractivity contribution in [2.75, 3.05) is 7.11 Å². The van der Waals surface area contributed by atoms with Gasteiger partial charge >= 0.3 is 0 Å². The van der Waals surface area contributed by atoms with E-state index in [9.17, 15) is 10.2 Å². The molecule has 2 aromatic rings. The Morgan fingerprint density at radius 2 is 1.74 bits per heavy atom. The van der Waals surface area contributed by atoms with Crippen LogP contribution in [0.3, 0.4) is 0 Å². The van der Waals surface area contributed by atoms with Gasteiger partial charge in [-0.25, -0.2) is 0 Å². The first kappa shape index (κ1) is 19.3. The third-order valence-electron chi connectivity index (χ3n) is 5.27. The Hall–Kier alpha value is -2.50. The lowest BCUT2D eigenvalue weighted by Crippen LogP contribution is -2.13. The molecule has 1 aliphatic rings. The molecule has 0 saturated carbocycles. The molecule has 27 heavy (non-hydrogen) atoms. The van der Waals surface area contributed by atoms with E-state index >= 15 is 0 Å². The SMILES string of the molecule is CC[C@@H]1C(C)=NN=C(c2ccc(C)c(CO)c2)c2cc(CO)c(OC)cc21.